The number of ether oxygens (including phenoxy) is 1. The van der Waals surface area contributed by atoms with Crippen LogP contribution in [0.5, 0.6) is 5.88 Å². The van der Waals surface area contributed by atoms with Gasteiger partial charge in [-0.15, -0.1) is 0 Å². The van der Waals surface area contributed by atoms with Crippen molar-refractivity contribution in [3.8, 4) is 5.88 Å². The molecule has 1 aromatic heterocycles. The molecular formula is C11H16ClN3O2. The quantitative estimate of drug-likeness (QED) is 0.883. The van der Waals surface area contributed by atoms with Crippen molar-refractivity contribution in [3.05, 3.63) is 21.7 Å². The largest absolute Gasteiger partial charge is 0.475 e. The van der Waals surface area contributed by atoms with E-state index in [1.807, 2.05) is 0 Å². The SMILES string of the molecule is O=c1[nH]cnc(OCCN2CCCCC2)c1Cl. The molecule has 1 aliphatic heterocycles. The van der Waals surface area contributed by atoms with Crippen molar-refractivity contribution in [1.82, 2.24) is 14.9 Å². The predicted octanol–water partition coefficient (Wildman–Crippen LogP) is 1.29. The summed E-state index contributed by atoms with van der Waals surface area (Å²) < 4.78 is 5.42. The van der Waals surface area contributed by atoms with Gasteiger partial charge in [0.25, 0.3) is 5.56 Å². The maximum Gasteiger partial charge on any atom is 0.273 e. The zero-order chi connectivity index (χ0) is 12.1. The first-order valence-electron chi connectivity index (χ1n) is 5.86. The number of piperidine rings is 1. The van der Waals surface area contributed by atoms with Crippen LogP contribution in [0.1, 0.15) is 19.3 Å². The molecule has 0 saturated carbocycles. The summed E-state index contributed by atoms with van der Waals surface area (Å²) in [5, 5.41) is 0.0196. The third-order valence-corrected chi connectivity index (χ3v) is 3.19. The van der Waals surface area contributed by atoms with Crippen LogP contribution >= 0.6 is 11.6 Å². The highest BCUT2D eigenvalue weighted by atomic mass is 35.5. The Labute approximate surface area is 105 Å². The third-order valence-electron chi connectivity index (χ3n) is 2.86. The second kappa shape index (κ2) is 6.02. The van der Waals surface area contributed by atoms with Crippen molar-refractivity contribution in [2.45, 2.75) is 19.3 Å². The average Bonchev–Trinajstić information content (AvgIpc) is 2.36. The van der Waals surface area contributed by atoms with Gasteiger partial charge in [-0.3, -0.25) is 9.69 Å². The van der Waals surface area contributed by atoms with E-state index in [9.17, 15) is 4.79 Å². The van der Waals surface area contributed by atoms with Gasteiger partial charge in [-0.25, -0.2) is 4.98 Å². The van der Waals surface area contributed by atoms with E-state index in [0.717, 1.165) is 19.6 Å². The first kappa shape index (κ1) is 12.4. The summed E-state index contributed by atoms with van der Waals surface area (Å²) in [6.07, 6.45) is 5.12. The summed E-state index contributed by atoms with van der Waals surface area (Å²) in [6.45, 7) is 3.61. The van der Waals surface area contributed by atoms with E-state index >= 15 is 0 Å². The van der Waals surface area contributed by atoms with E-state index in [1.165, 1.54) is 25.6 Å². The average molecular weight is 258 g/mol. The fourth-order valence-electron chi connectivity index (χ4n) is 1.92. The van der Waals surface area contributed by atoms with Gasteiger partial charge in [0.2, 0.25) is 5.88 Å². The molecule has 0 spiro atoms. The van der Waals surface area contributed by atoms with Crippen molar-refractivity contribution >= 4 is 11.6 Å². The third kappa shape index (κ3) is 3.44. The van der Waals surface area contributed by atoms with Gasteiger partial charge in [-0.1, -0.05) is 18.0 Å². The van der Waals surface area contributed by atoms with Crippen LogP contribution in [0, 0.1) is 0 Å². The Bertz CT molecular complexity index is 415. The fourth-order valence-corrected chi connectivity index (χ4v) is 2.08. The highest BCUT2D eigenvalue weighted by Crippen LogP contribution is 2.15. The number of rotatable bonds is 4. The molecule has 1 N–H and O–H groups in total. The van der Waals surface area contributed by atoms with E-state index < -0.39 is 0 Å². The number of hydrogen-bond donors (Lipinski definition) is 1. The summed E-state index contributed by atoms with van der Waals surface area (Å²) in [7, 11) is 0. The van der Waals surface area contributed by atoms with Gasteiger partial charge in [0.15, 0.2) is 5.02 Å². The molecule has 1 fully saturated rings. The van der Waals surface area contributed by atoms with E-state index in [-0.39, 0.29) is 16.5 Å². The summed E-state index contributed by atoms with van der Waals surface area (Å²) in [5.74, 6) is 0.215. The van der Waals surface area contributed by atoms with Crippen LogP contribution in [0.25, 0.3) is 0 Å². The number of hydrogen-bond acceptors (Lipinski definition) is 4. The van der Waals surface area contributed by atoms with Gasteiger partial charge in [0.1, 0.15) is 6.61 Å². The minimum atomic E-state index is -0.366. The number of likely N-dealkylation sites (tertiary alicyclic amines) is 1. The fraction of sp³-hybridized carbons (Fsp3) is 0.636. The van der Waals surface area contributed by atoms with Gasteiger partial charge in [0, 0.05) is 6.54 Å². The van der Waals surface area contributed by atoms with Crippen molar-refractivity contribution < 1.29 is 4.74 Å². The van der Waals surface area contributed by atoms with Gasteiger partial charge in [0.05, 0.1) is 6.33 Å². The lowest BCUT2D eigenvalue weighted by Crippen LogP contribution is -2.33. The molecule has 94 valence electrons. The molecule has 0 bridgehead atoms. The summed E-state index contributed by atoms with van der Waals surface area (Å²) in [4.78, 5) is 19.8. The second-order valence-electron chi connectivity index (χ2n) is 4.10. The molecule has 0 amide bonds. The van der Waals surface area contributed by atoms with E-state index in [0.29, 0.717) is 6.61 Å². The van der Waals surface area contributed by atoms with Crippen molar-refractivity contribution in [2.75, 3.05) is 26.2 Å². The van der Waals surface area contributed by atoms with Crippen molar-refractivity contribution in [1.29, 1.82) is 0 Å². The molecule has 2 rings (SSSR count). The maximum absolute atomic E-state index is 11.2. The molecule has 17 heavy (non-hydrogen) atoms. The lowest BCUT2D eigenvalue weighted by molar-refractivity contribution is 0.180. The Kier molecular flexibility index (Phi) is 4.39. The molecule has 2 heterocycles. The molecule has 6 heteroatoms. The van der Waals surface area contributed by atoms with Crippen LogP contribution in [0.15, 0.2) is 11.1 Å². The Morgan fingerprint density at radius 1 is 1.41 bits per heavy atom. The summed E-state index contributed by atoms with van der Waals surface area (Å²) in [5.41, 5.74) is -0.366. The minimum absolute atomic E-state index is 0.0196. The van der Waals surface area contributed by atoms with Gasteiger partial charge >= 0.3 is 0 Å². The zero-order valence-corrected chi connectivity index (χ0v) is 10.4. The number of nitrogens with one attached hydrogen (secondary N) is 1. The molecule has 1 saturated heterocycles. The normalized spacial score (nSPS) is 17.0. The number of aromatic nitrogens is 2. The number of halogens is 1. The standard InChI is InChI=1S/C11H16ClN3O2/c12-9-10(16)13-8-14-11(9)17-7-6-15-4-2-1-3-5-15/h8H,1-7H2,(H,13,14,16). The Hall–Kier alpha value is -1.07. The lowest BCUT2D eigenvalue weighted by Gasteiger charge is -2.26. The first-order chi connectivity index (χ1) is 8.27. The van der Waals surface area contributed by atoms with Crippen LogP contribution in [0.4, 0.5) is 0 Å². The highest BCUT2D eigenvalue weighted by molar-refractivity contribution is 6.31. The predicted molar refractivity (Wildman–Crippen MR) is 65.7 cm³/mol. The smallest absolute Gasteiger partial charge is 0.273 e. The van der Waals surface area contributed by atoms with Gasteiger partial charge in [-0.05, 0) is 25.9 Å². The Morgan fingerprint density at radius 2 is 2.18 bits per heavy atom. The number of aromatic amines is 1. The maximum atomic E-state index is 11.2. The number of H-pyrrole nitrogens is 1. The summed E-state index contributed by atoms with van der Waals surface area (Å²) >= 11 is 5.77. The zero-order valence-electron chi connectivity index (χ0n) is 9.62. The molecule has 1 aromatic rings. The van der Waals surface area contributed by atoms with Crippen molar-refractivity contribution in [2.24, 2.45) is 0 Å². The second-order valence-corrected chi connectivity index (χ2v) is 4.48. The van der Waals surface area contributed by atoms with Crippen LogP contribution in [-0.2, 0) is 0 Å². The number of nitrogens with zero attached hydrogens (tertiary/aromatic N) is 2. The van der Waals surface area contributed by atoms with E-state index in [4.69, 9.17) is 16.3 Å². The first-order valence-corrected chi connectivity index (χ1v) is 6.23. The Morgan fingerprint density at radius 3 is 2.94 bits per heavy atom. The molecule has 0 unspecified atom stereocenters. The molecule has 0 aliphatic carbocycles. The molecular weight excluding hydrogens is 242 g/mol. The van der Waals surface area contributed by atoms with Crippen LogP contribution in [0.3, 0.4) is 0 Å². The molecule has 5 nitrogen and oxygen atoms in total. The van der Waals surface area contributed by atoms with Crippen LogP contribution in [-0.4, -0.2) is 41.1 Å². The topological polar surface area (TPSA) is 58.2 Å². The van der Waals surface area contributed by atoms with Crippen molar-refractivity contribution in [3.63, 3.8) is 0 Å². The molecule has 0 radical (unpaired) electrons. The van der Waals surface area contributed by atoms with Gasteiger partial charge < -0.3 is 9.72 Å². The van der Waals surface area contributed by atoms with Gasteiger partial charge in [-0.2, -0.15) is 0 Å². The minimum Gasteiger partial charge on any atom is -0.475 e. The monoisotopic (exact) mass is 257 g/mol. The summed E-state index contributed by atoms with van der Waals surface area (Å²) in [6, 6.07) is 0. The molecule has 1 aliphatic rings. The highest BCUT2D eigenvalue weighted by Gasteiger charge is 2.11. The van der Waals surface area contributed by atoms with E-state index in [2.05, 4.69) is 14.9 Å². The molecule has 0 atom stereocenters. The van der Waals surface area contributed by atoms with E-state index in [1.54, 1.807) is 0 Å². The lowest BCUT2D eigenvalue weighted by atomic mass is 10.1. The van der Waals surface area contributed by atoms with Crippen LogP contribution < -0.4 is 10.3 Å². The van der Waals surface area contributed by atoms with Crippen LogP contribution in [0.2, 0.25) is 5.02 Å². The molecule has 0 aromatic carbocycles. The Balaban J connectivity index is 1.81.